The average Bonchev–Trinajstić information content (AvgIpc) is 2.85. The standard InChI is InChI=1S/C11H9N3O4S/c15-13(16)9-3-1-2-8(6-9)12-7-10-4-5-11(19-10)14(17)18/h1-6,12H,7H2. The first-order valence-electron chi connectivity index (χ1n) is 5.27. The van der Waals surface area contributed by atoms with E-state index in [9.17, 15) is 20.2 Å². The predicted molar refractivity (Wildman–Crippen MR) is 71.4 cm³/mol. The first-order valence-corrected chi connectivity index (χ1v) is 6.09. The summed E-state index contributed by atoms with van der Waals surface area (Å²) in [5, 5.41) is 24.2. The van der Waals surface area contributed by atoms with Gasteiger partial charge in [0.1, 0.15) is 0 Å². The van der Waals surface area contributed by atoms with Crippen molar-refractivity contribution in [3.05, 3.63) is 61.5 Å². The Kier molecular flexibility index (Phi) is 3.71. The van der Waals surface area contributed by atoms with Gasteiger partial charge in [-0.1, -0.05) is 17.4 Å². The molecule has 1 N–H and O–H groups in total. The van der Waals surface area contributed by atoms with Crippen molar-refractivity contribution in [2.45, 2.75) is 6.54 Å². The van der Waals surface area contributed by atoms with Gasteiger partial charge in [-0.3, -0.25) is 20.2 Å². The van der Waals surface area contributed by atoms with Gasteiger partial charge in [0.05, 0.1) is 9.85 Å². The van der Waals surface area contributed by atoms with Gasteiger partial charge in [-0.2, -0.15) is 0 Å². The van der Waals surface area contributed by atoms with Crippen LogP contribution >= 0.6 is 11.3 Å². The molecule has 0 saturated heterocycles. The van der Waals surface area contributed by atoms with Gasteiger partial charge >= 0.3 is 5.00 Å². The number of nitro groups is 2. The Morgan fingerprint density at radius 2 is 1.89 bits per heavy atom. The molecule has 2 rings (SSSR count). The van der Waals surface area contributed by atoms with Crippen LogP contribution in [0, 0.1) is 20.2 Å². The van der Waals surface area contributed by atoms with Gasteiger partial charge in [-0.25, -0.2) is 0 Å². The molecular formula is C11H9N3O4S. The molecule has 1 aromatic heterocycles. The summed E-state index contributed by atoms with van der Waals surface area (Å²) >= 11 is 1.08. The number of benzene rings is 1. The number of non-ortho nitro benzene ring substituents is 1. The minimum Gasteiger partial charge on any atom is -0.380 e. The predicted octanol–water partition coefficient (Wildman–Crippen LogP) is 3.18. The Morgan fingerprint density at radius 1 is 1.11 bits per heavy atom. The van der Waals surface area contributed by atoms with E-state index in [0.29, 0.717) is 12.2 Å². The second-order valence-corrected chi connectivity index (χ2v) is 4.80. The van der Waals surface area contributed by atoms with E-state index in [0.717, 1.165) is 16.2 Å². The lowest BCUT2D eigenvalue weighted by Gasteiger charge is -2.03. The smallest absolute Gasteiger partial charge is 0.324 e. The fourth-order valence-corrected chi connectivity index (χ4v) is 2.24. The summed E-state index contributed by atoms with van der Waals surface area (Å²) in [6.45, 7) is 0.389. The van der Waals surface area contributed by atoms with Crippen molar-refractivity contribution in [2.24, 2.45) is 0 Å². The summed E-state index contributed by atoms with van der Waals surface area (Å²) in [6.07, 6.45) is 0. The third-order valence-electron chi connectivity index (χ3n) is 2.35. The number of nitro benzene ring substituents is 1. The Hall–Kier alpha value is -2.48. The molecule has 8 heteroatoms. The van der Waals surface area contributed by atoms with E-state index in [4.69, 9.17) is 0 Å². The third kappa shape index (κ3) is 3.26. The van der Waals surface area contributed by atoms with Gasteiger partial charge in [-0.05, 0) is 12.1 Å². The quantitative estimate of drug-likeness (QED) is 0.669. The fourth-order valence-electron chi connectivity index (χ4n) is 1.48. The Balaban J connectivity index is 2.03. The van der Waals surface area contributed by atoms with E-state index >= 15 is 0 Å². The number of hydrogen-bond donors (Lipinski definition) is 1. The number of anilines is 1. The molecule has 0 aliphatic rings. The molecule has 0 fully saturated rings. The summed E-state index contributed by atoms with van der Waals surface area (Å²) in [7, 11) is 0. The van der Waals surface area contributed by atoms with E-state index < -0.39 is 9.85 Å². The zero-order chi connectivity index (χ0) is 13.8. The first-order chi connectivity index (χ1) is 9.06. The molecule has 0 atom stereocenters. The minimum atomic E-state index is -0.471. The highest BCUT2D eigenvalue weighted by molar-refractivity contribution is 7.15. The molecule has 98 valence electrons. The van der Waals surface area contributed by atoms with Crippen LogP contribution in [0.3, 0.4) is 0 Å². The Morgan fingerprint density at radius 3 is 2.53 bits per heavy atom. The van der Waals surface area contributed by atoms with Crippen molar-refractivity contribution in [3.63, 3.8) is 0 Å². The van der Waals surface area contributed by atoms with Gasteiger partial charge in [0.2, 0.25) is 0 Å². The minimum absolute atomic E-state index is 0.00200. The topological polar surface area (TPSA) is 98.3 Å². The van der Waals surface area contributed by atoms with Crippen LogP contribution in [-0.4, -0.2) is 9.85 Å². The van der Waals surface area contributed by atoms with Gasteiger partial charge in [0.15, 0.2) is 0 Å². The molecule has 0 bridgehead atoms. The molecule has 0 aliphatic heterocycles. The summed E-state index contributed by atoms with van der Waals surface area (Å²) in [6, 6.07) is 9.21. The highest BCUT2D eigenvalue weighted by Gasteiger charge is 2.10. The van der Waals surface area contributed by atoms with Gasteiger partial charge in [0.25, 0.3) is 5.69 Å². The fraction of sp³-hybridized carbons (Fsp3) is 0.0909. The lowest BCUT2D eigenvalue weighted by Crippen LogP contribution is -1.98. The molecule has 0 saturated carbocycles. The Bertz CT molecular complexity index is 626. The maximum atomic E-state index is 10.6. The molecule has 2 aromatic rings. The molecule has 7 nitrogen and oxygen atoms in total. The molecule has 0 unspecified atom stereocenters. The van der Waals surface area contributed by atoms with Crippen molar-refractivity contribution < 1.29 is 9.85 Å². The van der Waals surface area contributed by atoms with Crippen LogP contribution in [0.2, 0.25) is 0 Å². The summed E-state index contributed by atoms with van der Waals surface area (Å²) < 4.78 is 0. The van der Waals surface area contributed by atoms with Crippen LogP contribution in [-0.2, 0) is 6.54 Å². The van der Waals surface area contributed by atoms with Crippen molar-refractivity contribution in [1.29, 1.82) is 0 Å². The molecule has 1 heterocycles. The normalized spacial score (nSPS) is 10.1. The summed E-state index contributed by atoms with van der Waals surface area (Å²) in [5.74, 6) is 0. The van der Waals surface area contributed by atoms with Crippen molar-refractivity contribution in [2.75, 3.05) is 5.32 Å². The highest BCUT2D eigenvalue weighted by Crippen LogP contribution is 2.25. The molecule has 0 aliphatic carbocycles. The van der Waals surface area contributed by atoms with Gasteiger partial charge in [0, 0.05) is 35.3 Å². The Labute approximate surface area is 111 Å². The van der Waals surface area contributed by atoms with E-state index in [1.54, 1.807) is 18.2 Å². The molecule has 0 radical (unpaired) electrons. The number of nitrogens with one attached hydrogen (secondary N) is 1. The molecule has 0 spiro atoms. The number of thiophene rings is 1. The van der Waals surface area contributed by atoms with Crippen LogP contribution in [0.4, 0.5) is 16.4 Å². The van der Waals surface area contributed by atoms with Crippen LogP contribution < -0.4 is 5.32 Å². The van der Waals surface area contributed by atoms with Gasteiger partial charge in [-0.15, -0.1) is 0 Å². The molecular weight excluding hydrogens is 270 g/mol. The van der Waals surface area contributed by atoms with Crippen molar-refractivity contribution in [1.82, 2.24) is 0 Å². The van der Waals surface area contributed by atoms with E-state index in [1.807, 2.05) is 0 Å². The van der Waals surface area contributed by atoms with E-state index in [2.05, 4.69) is 5.32 Å². The zero-order valence-corrected chi connectivity index (χ0v) is 10.4. The van der Waals surface area contributed by atoms with Crippen LogP contribution in [0.1, 0.15) is 4.88 Å². The summed E-state index contributed by atoms with van der Waals surface area (Å²) in [5.41, 5.74) is 0.604. The number of rotatable bonds is 5. The first kappa shape index (κ1) is 13.0. The third-order valence-corrected chi connectivity index (χ3v) is 3.39. The lowest BCUT2D eigenvalue weighted by molar-refractivity contribution is -0.384. The van der Waals surface area contributed by atoms with E-state index in [1.165, 1.54) is 18.2 Å². The molecule has 1 aromatic carbocycles. The largest absolute Gasteiger partial charge is 0.380 e. The SMILES string of the molecule is O=[N+]([O-])c1cccc(NCc2ccc([N+](=O)[O-])s2)c1. The maximum absolute atomic E-state index is 10.6. The zero-order valence-electron chi connectivity index (χ0n) is 9.61. The number of hydrogen-bond acceptors (Lipinski definition) is 6. The average molecular weight is 279 g/mol. The second kappa shape index (κ2) is 5.44. The van der Waals surface area contributed by atoms with Crippen LogP contribution in [0.15, 0.2) is 36.4 Å². The van der Waals surface area contributed by atoms with Crippen LogP contribution in [0.5, 0.6) is 0 Å². The van der Waals surface area contributed by atoms with Gasteiger partial charge < -0.3 is 5.32 Å². The molecule has 19 heavy (non-hydrogen) atoms. The second-order valence-electron chi connectivity index (χ2n) is 3.66. The maximum Gasteiger partial charge on any atom is 0.324 e. The number of nitrogens with zero attached hydrogens (tertiary/aromatic N) is 2. The van der Waals surface area contributed by atoms with Crippen molar-refractivity contribution in [3.8, 4) is 0 Å². The van der Waals surface area contributed by atoms with Crippen LogP contribution in [0.25, 0.3) is 0 Å². The van der Waals surface area contributed by atoms with Crippen molar-refractivity contribution >= 4 is 27.7 Å². The lowest BCUT2D eigenvalue weighted by atomic mass is 10.3. The molecule has 0 amide bonds. The highest BCUT2D eigenvalue weighted by atomic mass is 32.1. The monoisotopic (exact) mass is 279 g/mol. The summed E-state index contributed by atoms with van der Waals surface area (Å²) in [4.78, 5) is 21.0. The van der Waals surface area contributed by atoms with E-state index in [-0.39, 0.29) is 10.7 Å².